The molecule has 2 rings (SSSR count). The number of hydrogen-bond donors (Lipinski definition) is 2. The number of methoxy groups -OCH3 is 1. The number of nitrogens with zero attached hydrogens (tertiary/aromatic N) is 1. The third kappa shape index (κ3) is 4.53. The molecule has 120 valence electrons. The van der Waals surface area contributed by atoms with Crippen molar-refractivity contribution in [3.8, 4) is 5.75 Å². The molecule has 0 atom stereocenters. The topological polar surface area (TPSA) is 45.6 Å². The molecule has 2 aromatic rings. The van der Waals surface area contributed by atoms with E-state index in [0.717, 1.165) is 28.1 Å². The standard InChI is InChI=1S/C18H21N3OS/c1-12-5-8-16(9-6-12)20-18(23)21-19-11-15-7-10-17(22-4)14(3)13(15)2/h5-11H,1-4H3,(H2,20,21,23)/b19-11+. The first-order chi connectivity index (χ1) is 11.0. The van der Waals surface area contributed by atoms with E-state index in [4.69, 9.17) is 17.0 Å². The van der Waals surface area contributed by atoms with Crippen molar-refractivity contribution in [2.24, 2.45) is 5.10 Å². The molecule has 0 radical (unpaired) electrons. The van der Waals surface area contributed by atoms with E-state index in [1.165, 1.54) is 5.56 Å². The fourth-order valence-electron chi connectivity index (χ4n) is 2.13. The number of aryl methyl sites for hydroxylation is 1. The third-order valence-corrected chi connectivity index (χ3v) is 3.87. The smallest absolute Gasteiger partial charge is 0.191 e. The van der Waals surface area contributed by atoms with Crippen molar-refractivity contribution >= 4 is 29.2 Å². The lowest BCUT2D eigenvalue weighted by Gasteiger charge is -2.10. The summed E-state index contributed by atoms with van der Waals surface area (Å²) in [5.41, 5.74) is 8.23. The van der Waals surface area contributed by atoms with Gasteiger partial charge in [0, 0.05) is 5.69 Å². The van der Waals surface area contributed by atoms with Gasteiger partial charge in [-0.15, -0.1) is 0 Å². The number of hydrazone groups is 1. The second-order valence-electron chi connectivity index (χ2n) is 5.30. The summed E-state index contributed by atoms with van der Waals surface area (Å²) >= 11 is 5.23. The molecule has 0 aliphatic rings. The average molecular weight is 327 g/mol. The lowest BCUT2D eigenvalue weighted by atomic mass is 10.0. The van der Waals surface area contributed by atoms with E-state index < -0.39 is 0 Å². The Bertz CT molecular complexity index is 724. The van der Waals surface area contributed by atoms with Crippen LogP contribution in [0.25, 0.3) is 0 Å². The number of anilines is 1. The summed E-state index contributed by atoms with van der Waals surface area (Å²) in [4.78, 5) is 0. The van der Waals surface area contributed by atoms with Crippen LogP contribution in [0, 0.1) is 20.8 Å². The quantitative estimate of drug-likeness (QED) is 0.507. The predicted octanol–water partition coefficient (Wildman–Crippen LogP) is 3.94. The van der Waals surface area contributed by atoms with Crippen LogP contribution in [0.15, 0.2) is 41.5 Å². The van der Waals surface area contributed by atoms with Crippen LogP contribution in [0.3, 0.4) is 0 Å². The minimum absolute atomic E-state index is 0.452. The molecule has 0 saturated heterocycles. The van der Waals surface area contributed by atoms with E-state index in [2.05, 4.69) is 15.8 Å². The van der Waals surface area contributed by atoms with E-state index >= 15 is 0 Å². The summed E-state index contributed by atoms with van der Waals surface area (Å²) in [6, 6.07) is 11.9. The summed E-state index contributed by atoms with van der Waals surface area (Å²) in [7, 11) is 1.67. The molecule has 23 heavy (non-hydrogen) atoms. The first kappa shape index (κ1) is 17.0. The first-order valence-electron chi connectivity index (χ1n) is 7.32. The van der Waals surface area contributed by atoms with E-state index in [0.29, 0.717) is 5.11 Å². The number of hydrogen-bond acceptors (Lipinski definition) is 3. The minimum atomic E-state index is 0.452. The van der Waals surface area contributed by atoms with Crippen molar-refractivity contribution in [3.05, 3.63) is 58.7 Å². The molecule has 0 bridgehead atoms. The summed E-state index contributed by atoms with van der Waals surface area (Å²) in [6.07, 6.45) is 1.75. The zero-order valence-electron chi connectivity index (χ0n) is 13.8. The van der Waals surface area contributed by atoms with Crippen LogP contribution in [0.1, 0.15) is 22.3 Å². The Morgan fingerprint density at radius 2 is 1.74 bits per heavy atom. The Morgan fingerprint density at radius 1 is 1.04 bits per heavy atom. The molecule has 0 aromatic heterocycles. The molecule has 2 N–H and O–H groups in total. The minimum Gasteiger partial charge on any atom is -0.496 e. The molecular formula is C18H21N3OS. The van der Waals surface area contributed by atoms with Crippen LogP contribution < -0.4 is 15.5 Å². The highest BCUT2D eigenvalue weighted by atomic mass is 32.1. The Labute approximate surface area is 142 Å². The van der Waals surface area contributed by atoms with Gasteiger partial charge in [-0.3, -0.25) is 5.43 Å². The van der Waals surface area contributed by atoms with Crippen molar-refractivity contribution in [2.45, 2.75) is 20.8 Å². The second kappa shape index (κ2) is 7.74. The molecule has 2 aromatic carbocycles. The van der Waals surface area contributed by atoms with Crippen molar-refractivity contribution in [2.75, 3.05) is 12.4 Å². The van der Waals surface area contributed by atoms with Gasteiger partial charge >= 0.3 is 0 Å². The summed E-state index contributed by atoms with van der Waals surface area (Å²) in [5, 5.41) is 7.73. The van der Waals surface area contributed by atoms with Crippen LogP contribution in [-0.2, 0) is 0 Å². The summed E-state index contributed by atoms with van der Waals surface area (Å²) < 4.78 is 5.31. The molecule has 0 unspecified atom stereocenters. The van der Waals surface area contributed by atoms with Gasteiger partial charge in [-0.1, -0.05) is 17.7 Å². The molecule has 0 heterocycles. The number of benzene rings is 2. The largest absolute Gasteiger partial charge is 0.496 e. The van der Waals surface area contributed by atoms with Gasteiger partial charge in [-0.2, -0.15) is 5.10 Å². The maximum atomic E-state index is 5.31. The fourth-order valence-corrected chi connectivity index (χ4v) is 2.30. The molecule has 0 saturated carbocycles. The molecular weight excluding hydrogens is 306 g/mol. The normalized spacial score (nSPS) is 10.6. The van der Waals surface area contributed by atoms with Crippen molar-refractivity contribution in [3.63, 3.8) is 0 Å². The highest BCUT2D eigenvalue weighted by Gasteiger charge is 2.04. The van der Waals surface area contributed by atoms with E-state index in [-0.39, 0.29) is 0 Å². The molecule has 0 aliphatic heterocycles. The van der Waals surface area contributed by atoms with E-state index in [1.807, 2.05) is 57.2 Å². The Hall–Kier alpha value is -2.40. The first-order valence-corrected chi connectivity index (χ1v) is 7.73. The summed E-state index contributed by atoms with van der Waals surface area (Å²) in [6.45, 7) is 6.12. The third-order valence-electron chi connectivity index (χ3n) is 3.68. The monoisotopic (exact) mass is 327 g/mol. The van der Waals surface area contributed by atoms with Crippen molar-refractivity contribution < 1.29 is 4.74 Å². The van der Waals surface area contributed by atoms with Crippen molar-refractivity contribution in [1.82, 2.24) is 5.43 Å². The van der Waals surface area contributed by atoms with Crippen LogP contribution in [-0.4, -0.2) is 18.4 Å². The molecule has 0 fully saturated rings. The number of rotatable bonds is 4. The van der Waals surface area contributed by atoms with Gasteiger partial charge in [-0.25, -0.2) is 0 Å². The van der Waals surface area contributed by atoms with Crippen LogP contribution in [0.5, 0.6) is 5.75 Å². The highest BCUT2D eigenvalue weighted by Crippen LogP contribution is 2.22. The summed E-state index contributed by atoms with van der Waals surface area (Å²) in [5.74, 6) is 0.879. The highest BCUT2D eigenvalue weighted by molar-refractivity contribution is 7.80. The van der Waals surface area contributed by atoms with E-state index in [9.17, 15) is 0 Å². The lowest BCUT2D eigenvalue weighted by molar-refractivity contribution is 0.411. The Kier molecular flexibility index (Phi) is 5.71. The molecule has 0 amide bonds. The average Bonchev–Trinajstić information content (AvgIpc) is 2.54. The van der Waals surface area contributed by atoms with Gasteiger partial charge in [0.15, 0.2) is 5.11 Å². The number of nitrogens with one attached hydrogen (secondary N) is 2. The van der Waals surface area contributed by atoms with Gasteiger partial charge in [0.1, 0.15) is 5.75 Å². The molecule has 4 nitrogen and oxygen atoms in total. The molecule has 0 aliphatic carbocycles. The van der Waals surface area contributed by atoms with E-state index in [1.54, 1.807) is 13.3 Å². The fraction of sp³-hybridized carbons (Fsp3) is 0.222. The van der Waals surface area contributed by atoms with Gasteiger partial charge in [0.2, 0.25) is 0 Å². The lowest BCUT2D eigenvalue weighted by Crippen LogP contribution is -2.23. The number of ether oxygens (including phenoxy) is 1. The van der Waals surface area contributed by atoms with Crippen LogP contribution >= 0.6 is 12.2 Å². The molecule has 5 heteroatoms. The van der Waals surface area contributed by atoms with Crippen LogP contribution in [0.2, 0.25) is 0 Å². The zero-order chi connectivity index (χ0) is 16.8. The molecule has 0 spiro atoms. The maximum Gasteiger partial charge on any atom is 0.191 e. The van der Waals surface area contributed by atoms with Gasteiger partial charge in [0.25, 0.3) is 0 Å². The second-order valence-corrected chi connectivity index (χ2v) is 5.71. The van der Waals surface area contributed by atoms with Crippen LogP contribution in [0.4, 0.5) is 5.69 Å². The Morgan fingerprint density at radius 3 is 2.39 bits per heavy atom. The van der Waals surface area contributed by atoms with Gasteiger partial charge in [-0.05, 0) is 73.9 Å². The van der Waals surface area contributed by atoms with Gasteiger partial charge in [0.05, 0.1) is 13.3 Å². The predicted molar refractivity (Wildman–Crippen MR) is 101 cm³/mol. The SMILES string of the molecule is COc1ccc(/C=N/NC(=S)Nc2ccc(C)cc2)c(C)c1C. The zero-order valence-corrected chi connectivity index (χ0v) is 14.6. The Balaban J connectivity index is 1.97. The maximum absolute atomic E-state index is 5.31. The number of thiocarbonyl (C=S) groups is 1. The van der Waals surface area contributed by atoms with Crippen molar-refractivity contribution in [1.29, 1.82) is 0 Å². The van der Waals surface area contributed by atoms with Gasteiger partial charge < -0.3 is 10.1 Å².